The number of methoxy groups -OCH3 is 1. The maximum absolute atomic E-state index is 13.6. The molecule has 0 aromatic heterocycles. The largest absolute Gasteiger partial charge is 0.495 e. The van der Waals surface area contributed by atoms with E-state index in [9.17, 15) is 19.7 Å². The van der Waals surface area contributed by atoms with Gasteiger partial charge in [0, 0.05) is 18.6 Å². The number of amides is 2. The Kier molecular flexibility index (Phi) is 8.64. The lowest BCUT2D eigenvalue weighted by molar-refractivity contribution is -0.384. The molecular formula is C29H29N5O5S. The standard InChI is InChI=1S/C29H29N5O5S/c1-17-9-11-21(12-10-17)20(4)32-33-28(36)26(40-29(33)31-23-8-6-7-18(2)19(23)3)16-27(35)30-24-15-22(34(37)38)13-14-25(24)39-5/h6-15,26H,16H2,1-5H3,(H,30,35)/b31-29?,32-20+. The molecule has 11 heteroatoms. The molecule has 1 atom stereocenters. The number of benzene rings is 3. The van der Waals surface area contributed by atoms with Crippen molar-refractivity contribution in [3.63, 3.8) is 0 Å². The van der Waals surface area contributed by atoms with Crippen LogP contribution in [0, 0.1) is 30.9 Å². The number of nitrogens with one attached hydrogen (secondary N) is 1. The van der Waals surface area contributed by atoms with Crippen LogP contribution in [0.2, 0.25) is 0 Å². The topological polar surface area (TPSA) is 126 Å². The zero-order valence-electron chi connectivity index (χ0n) is 22.8. The second-order valence-corrected chi connectivity index (χ2v) is 10.5. The summed E-state index contributed by atoms with van der Waals surface area (Å²) in [6, 6.07) is 17.4. The molecule has 1 unspecified atom stereocenters. The number of amidine groups is 1. The lowest BCUT2D eigenvalue weighted by Crippen LogP contribution is -2.30. The molecule has 1 aliphatic rings. The van der Waals surface area contributed by atoms with Crippen LogP contribution >= 0.6 is 11.8 Å². The van der Waals surface area contributed by atoms with Crippen molar-refractivity contribution in [3.8, 4) is 5.75 Å². The Morgan fingerprint density at radius 3 is 2.52 bits per heavy atom. The predicted molar refractivity (Wildman–Crippen MR) is 158 cm³/mol. The van der Waals surface area contributed by atoms with Crippen LogP contribution in [0.15, 0.2) is 70.8 Å². The Morgan fingerprint density at radius 2 is 1.85 bits per heavy atom. The molecule has 0 aliphatic carbocycles. The SMILES string of the molecule is COc1ccc([N+](=O)[O-])cc1NC(=O)CC1SC(=Nc2cccc(C)c2C)N(/N=C(\C)c2ccc(C)cc2)C1=O. The maximum atomic E-state index is 13.6. The fourth-order valence-corrected chi connectivity index (χ4v) is 5.06. The summed E-state index contributed by atoms with van der Waals surface area (Å²) < 4.78 is 5.23. The van der Waals surface area contributed by atoms with Crippen LogP contribution < -0.4 is 10.1 Å². The molecule has 1 saturated heterocycles. The molecular weight excluding hydrogens is 530 g/mol. The minimum Gasteiger partial charge on any atom is -0.495 e. The summed E-state index contributed by atoms with van der Waals surface area (Å²) in [5.41, 5.74) is 5.26. The van der Waals surface area contributed by atoms with E-state index in [-0.39, 0.29) is 29.5 Å². The molecule has 1 N–H and O–H groups in total. The van der Waals surface area contributed by atoms with Crippen molar-refractivity contribution in [2.24, 2.45) is 10.1 Å². The van der Waals surface area contributed by atoms with Crippen LogP contribution in [-0.2, 0) is 9.59 Å². The first-order chi connectivity index (χ1) is 19.1. The van der Waals surface area contributed by atoms with E-state index in [2.05, 4.69) is 10.4 Å². The van der Waals surface area contributed by atoms with Gasteiger partial charge in [-0.25, -0.2) is 4.99 Å². The number of hydrogen-bond donors (Lipinski definition) is 1. The Labute approximate surface area is 236 Å². The van der Waals surface area contributed by atoms with E-state index in [1.807, 2.05) is 70.2 Å². The van der Waals surface area contributed by atoms with E-state index in [4.69, 9.17) is 9.73 Å². The van der Waals surface area contributed by atoms with Gasteiger partial charge in [0.05, 0.1) is 29.1 Å². The summed E-state index contributed by atoms with van der Waals surface area (Å²) in [4.78, 5) is 42.0. The molecule has 1 heterocycles. The van der Waals surface area contributed by atoms with Crippen molar-refractivity contribution in [3.05, 3.63) is 93.0 Å². The first-order valence-electron chi connectivity index (χ1n) is 12.5. The number of nitro groups is 1. The molecule has 206 valence electrons. The molecule has 4 rings (SSSR count). The van der Waals surface area contributed by atoms with Gasteiger partial charge >= 0.3 is 0 Å². The Bertz CT molecular complexity index is 1530. The van der Waals surface area contributed by atoms with Crippen LogP contribution in [0.1, 0.15) is 35.6 Å². The summed E-state index contributed by atoms with van der Waals surface area (Å²) in [6.45, 7) is 7.74. The highest BCUT2D eigenvalue weighted by Crippen LogP contribution is 2.35. The van der Waals surface area contributed by atoms with Crippen molar-refractivity contribution in [2.45, 2.75) is 39.4 Å². The number of hydrogen-bond acceptors (Lipinski definition) is 8. The predicted octanol–water partition coefficient (Wildman–Crippen LogP) is 5.91. The number of aliphatic imine (C=N–C) groups is 1. The monoisotopic (exact) mass is 559 g/mol. The Morgan fingerprint density at radius 1 is 1.12 bits per heavy atom. The van der Waals surface area contributed by atoms with E-state index in [1.54, 1.807) is 0 Å². The number of non-ortho nitro benzene ring substituents is 1. The third-order valence-electron chi connectivity index (χ3n) is 6.46. The van der Waals surface area contributed by atoms with E-state index in [1.165, 1.54) is 30.3 Å². The molecule has 0 spiro atoms. The highest BCUT2D eigenvalue weighted by atomic mass is 32.2. The third-order valence-corrected chi connectivity index (χ3v) is 7.59. The fourth-order valence-electron chi connectivity index (χ4n) is 3.99. The molecule has 3 aromatic carbocycles. The second-order valence-electron chi connectivity index (χ2n) is 9.32. The number of carbonyl (C=O) groups is 2. The van der Waals surface area contributed by atoms with Crippen molar-refractivity contribution >= 4 is 51.5 Å². The lowest BCUT2D eigenvalue weighted by Gasteiger charge is -2.13. The van der Waals surface area contributed by atoms with Crippen LogP contribution in [0.25, 0.3) is 0 Å². The van der Waals surface area contributed by atoms with Crippen LogP contribution in [0.3, 0.4) is 0 Å². The van der Waals surface area contributed by atoms with Gasteiger partial charge in [-0.3, -0.25) is 19.7 Å². The normalized spacial score (nSPS) is 16.4. The van der Waals surface area contributed by atoms with E-state index >= 15 is 0 Å². The van der Waals surface area contributed by atoms with Gasteiger partial charge in [-0.15, -0.1) is 0 Å². The number of thioether (sulfide) groups is 1. The molecule has 0 radical (unpaired) electrons. The number of anilines is 1. The number of nitrogens with zero attached hydrogens (tertiary/aromatic N) is 4. The Balaban J connectivity index is 1.63. The highest BCUT2D eigenvalue weighted by molar-refractivity contribution is 8.15. The fraction of sp³-hybridized carbons (Fsp3) is 0.241. The van der Waals surface area contributed by atoms with Crippen LogP contribution in [-0.4, -0.2) is 45.0 Å². The smallest absolute Gasteiger partial charge is 0.271 e. The molecule has 1 aliphatic heterocycles. The van der Waals surface area contributed by atoms with Crippen LogP contribution in [0.4, 0.5) is 17.1 Å². The van der Waals surface area contributed by atoms with Crippen LogP contribution in [0.5, 0.6) is 5.75 Å². The molecule has 2 amide bonds. The van der Waals surface area contributed by atoms with Gasteiger partial charge in [-0.05, 0) is 56.5 Å². The first-order valence-corrected chi connectivity index (χ1v) is 13.4. The number of hydrazone groups is 1. The number of ether oxygens (including phenoxy) is 1. The lowest BCUT2D eigenvalue weighted by atomic mass is 10.1. The summed E-state index contributed by atoms with van der Waals surface area (Å²) >= 11 is 1.15. The van der Waals surface area contributed by atoms with Gasteiger partial charge in [0.2, 0.25) is 5.91 Å². The average Bonchev–Trinajstić information content (AvgIpc) is 3.20. The maximum Gasteiger partial charge on any atom is 0.271 e. The van der Waals surface area contributed by atoms with Gasteiger partial charge < -0.3 is 10.1 Å². The number of nitro benzene ring substituents is 1. The quantitative estimate of drug-likeness (QED) is 0.208. The van der Waals surface area contributed by atoms with Crippen molar-refractivity contribution in [1.82, 2.24) is 5.01 Å². The third kappa shape index (κ3) is 6.37. The summed E-state index contributed by atoms with van der Waals surface area (Å²) in [6.07, 6.45) is -0.198. The highest BCUT2D eigenvalue weighted by Gasteiger charge is 2.40. The molecule has 0 bridgehead atoms. The first kappa shape index (κ1) is 28.5. The zero-order chi connectivity index (χ0) is 29.0. The van der Waals surface area contributed by atoms with Gasteiger partial charge in [0.1, 0.15) is 11.0 Å². The molecule has 0 saturated carbocycles. The van der Waals surface area contributed by atoms with E-state index in [0.717, 1.165) is 34.0 Å². The van der Waals surface area contributed by atoms with Gasteiger partial charge in [0.15, 0.2) is 5.17 Å². The second kappa shape index (κ2) is 12.1. The van der Waals surface area contributed by atoms with Gasteiger partial charge in [-0.1, -0.05) is 53.7 Å². The summed E-state index contributed by atoms with van der Waals surface area (Å²) in [5.74, 6) is -0.625. The van der Waals surface area contributed by atoms with Crippen molar-refractivity contribution < 1.29 is 19.2 Å². The van der Waals surface area contributed by atoms with Gasteiger partial charge in [0.25, 0.3) is 11.6 Å². The molecule has 1 fully saturated rings. The summed E-state index contributed by atoms with van der Waals surface area (Å²) in [5, 5.41) is 19.3. The number of aryl methyl sites for hydroxylation is 2. The molecule has 3 aromatic rings. The zero-order valence-corrected chi connectivity index (χ0v) is 23.6. The number of carbonyl (C=O) groups excluding carboxylic acids is 2. The minimum atomic E-state index is -0.803. The average molecular weight is 560 g/mol. The molecule has 10 nitrogen and oxygen atoms in total. The molecule has 40 heavy (non-hydrogen) atoms. The van der Waals surface area contributed by atoms with E-state index in [0.29, 0.717) is 16.6 Å². The van der Waals surface area contributed by atoms with Crippen molar-refractivity contribution in [1.29, 1.82) is 0 Å². The minimum absolute atomic E-state index is 0.145. The summed E-state index contributed by atoms with van der Waals surface area (Å²) in [7, 11) is 1.40. The Hall–Kier alpha value is -4.51. The van der Waals surface area contributed by atoms with Gasteiger partial charge in [-0.2, -0.15) is 10.1 Å². The van der Waals surface area contributed by atoms with E-state index < -0.39 is 16.1 Å². The number of rotatable bonds is 8. The van der Waals surface area contributed by atoms with Crippen molar-refractivity contribution in [2.75, 3.05) is 12.4 Å².